The zero-order chi connectivity index (χ0) is 12.2. The summed E-state index contributed by atoms with van der Waals surface area (Å²) in [5.74, 6) is 1.63. The second-order valence-corrected chi connectivity index (χ2v) is 7.01. The molecule has 0 aromatic carbocycles. The highest BCUT2D eigenvalue weighted by Gasteiger charge is 2.62. The third-order valence-electron chi connectivity index (χ3n) is 4.96. The molecule has 16 heavy (non-hydrogen) atoms. The van der Waals surface area contributed by atoms with Gasteiger partial charge in [0.1, 0.15) is 23.2 Å². The summed E-state index contributed by atoms with van der Waals surface area (Å²) in [5, 5.41) is 10.4. The Kier molecular flexibility index (Phi) is 2.47. The molecular weight excluding hydrogens is 196 g/mol. The predicted molar refractivity (Wildman–Crippen MR) is 68.0 cm³/mol. The molecule has 1 heteroatoms. The van der Waals surface area contributed by atoms with Gasteiger partial charge in [-0.15, -0.1) is 0 Å². The van der Waals surface area contributed by atoms with Gasteiger partial charge in [0.15, 0.2) is 0 Å². The van der Waals surface area contributed by atoms with Crippen molar-refractivity contribution in [3.63, 3.8) is 0 Å². The van der Waals surface area contributed by atoms with E-state index in [1.165, 1.54) is 19.3 Å². The van der Waals surface area contributed by atoms with Crippen molar-refractivity contribution in [1.29, 1.82) is 0 Å². The average Bonchev–Trinajstić information content (AvgIpc) is 2.08. The summed E-state index contributed by atoms with van der Waals surface area (Å²) < 4.78 is 0. The molecule has 0 saturated heterocycles. The van der Waals surface area contributed by atoms with E-state index in [-0.39, 0.29) is 5.41 Å². The molecule has 2 rings (SSSR count). The Balaban J connectivity index is 2.33. The second-order valence-electron chi connectivity index (χ2n) is 7.01. The predicted octanol–water partition coefficient (Wildman–Crippen LogP) is 3.88. The molecule has 1 nitrogen and oxygen atoms in total. The molecule has 0 radical (unpaired) electrons. The molecule has 0 heterocycles. The highest BCUT2D eigenvalue weighted by Crippen LogP contribution is 2.61. The van der Waals surface area contributed by atoms with Gasteiger partial charge in [-0.2, -0.15) is 0 Å². The number of aliphatic hydroxyl groups is 1. The molecule has 0 amide bonds. The van der Waals surface area contributed by atoms with Crippen LogP contribution in [0.1, 0.15) is 59.8 Å². The highest BCUT2D eigenvalue weighted by molar-refractivity contribution is 5.31. The van der Waals surface area contributed by atoms with Crippen LogP contribution in [0, 0.1) is 16.7 Å². The van der Waals surface area contributed by atoms with Gasteiger partial charge in [-0.05, 0) is 52.5 Å². The van der Waals surface area contributed by atoms with Gasteiger partial charge in [0.05, 0.1) is 5.60 Å². The van der Waals surface area contributed by atoms with Crippen LogP contribution in [0.5, 0.6) is 0 Å². The topological polar surface area (TPSA) is 20.2 Å². The first-order chi connectivity index (χ1) is 7.17. The monoisotopic (exact) mass is 221 g/mol. The van der Waals surface area contributed by atoms with Crippen LogP contribution in [0.2, 0.25) is 0 Å². The van der Waals surface area contributed by atoms with Crippen molar-refractivity contribution in [1.82, 2.24) is 0 Å². The van der Waals surface area contributed by atoms with E-state index < -0.39 is 5.60 Å². The lowest BCUT2D eigenvalue weighted by Crippen LogP contribution is -2.50. The third kappa shape index (κ3) is 1.69. The smallest absolute Gasteiger partial charge is 0.115 e. The maximum absolute atomic E-state index is 10.4. The largest absolute Gasteiger partial charge is 0.385 e. The van der Waals surface area contributed by atoms with Gasteiger partial charge >= 0.3 is 0 Å². The van der Waals surface area contributed by atoms with Crippen LogP contribution < -0.4 is 0 Å². The van der Waals surface area contributed by atoms with E-state index in [4.69, 9.17) is 0 Å². The average molecular weight is 221 g/mol. The summed E-state index contributed by atoms with van der Waals surface area (Å²) >= 11 is 0. The van der Waals surface area contributed by atoms with E-state index in [2.05, 4.69) is 27.4 Å². The minimum atomic E-state index is -0.661. The first-order valence-electron chi connectivity index (χ1n) is 6.45. The molecule has 2 aliphatic carbocycles. The highest BCUT2D eigenvalue weighted by atomic mass is 16.3. The van der Waals surface area contributed by atoms with Crippen LogP contribution in [-0.4, -0.2) is 10.7 Å². The van der Waals surface area contributed by atoms with E-state index in [1.54, 1.807) is 5.92 Å². The van der Waals surface area contributed by atoms with E-state index in [9.17, 15) is 5.11 Å². The summed E-state index contributed by atoms with van der Waals surface area (Å²) in [4.78, 5) is 0. The Labute approximate surface area is 99.9 Å². The van der Waals surface area contributed by atoms with Gasteiger partial charge < -0.3 is 5.11 Å². The lowest BCUT2D eigenvalue weighted by Gasteiger charge is -2.49. The molecule has 1 N–H and O–H groups in total. The SMILES string of the molecule is C=C1C[C+]2C(C)(C)CCC[C@@]2(C)C[C@@]1(C)O. The van der Waals surface area contributed by atoms with Gasteiger partial charge in [-0.25, -0.2) is 0 Å². The zero-order valence-corrected chi connectivity index (χ0v) is 11.2. The van der Waals surface area contributed by atoms with Gasteiger partial charge in [-0.1, -0.05) is 6.58 Å². The molecule has 0 aliphatic heterocycles. The number of hydrogen-bond acceptors (Lipinski definition) is 1. The van der Waals surface area contributed by atoms with Crippen molar-refractivity contribution in [3.05, 3.63) is 18.1 Å². The Bertz CT molecular complexity index is 313. The van der Waals surface area contributed by atoms with Crippen molar-refractivity contribution in [3.8, 4) is 0 Å². The minimum Gasteiger partial charge on any atom is -0.385 e. The van der Waals surface area contributed by atoms with Gasteiger partial charge in [-0.3, -0.25) is 0 Å². The standard InChI is InChI=1S/C15H25O/c1-11-9-12-13(2,3)7-6-8-14(12,4)10-15(11,5)16/h16H,1,6-10H2,2-5H3/q+1/t14-,15+/m0/s1. The molecule has 2 fully saturated rings. The van der Waals surface area contributed by atoms with Crippen LogP contribution in [-0.2, 0) is 0 Å². The third-order valence-corrected chi connectivity index (χ3v) is 4.96. The molecule has 0 bridgehead atoms. The van der Waals surface area contributed by atoms with Gasteiger partial charge in [0.2, 0.25) is 0 Å². The van der Waals surface area contributed by atoms with E-state index in [0.29, 0.717) is 5.41 Å². The minimum absolute atomic E-state index is 0.229. The summed E-state index contributed by atoms with van der Waals surface area (Å²) in [5.41, 5.74) is 0.903. The van der Waals surface area contributed by atoms with Gasteiger partial charge in [0.25, 0.3) is 0 Å². The molecule has 0 unspecified atom stereocenters. The Morgan fingerprint density at radius 1 is 1.19 bits per heavy atom. The summed E-state index contributed by atoms with van der Waals surface area (Å²) in [7, 11) is 0. The number of fused-ring (bicyclic) bond motifs is 1. The van der Waals surface area contributed by atoms with Gasteiger partial charge in [0, 0.05) is 6.42 Å². The Morgan fingerprint density at radius 3 is 2.44 bits per heavy atom. The van der Waals surface area contributed by atoms with Crippen molar-refractivity contribution >= 4 is 0 Å². The Morgan fingerprint density at radius 2 is 1.81 bits per heavy atom. The summed E-state index contributed by atoms with van der Waals surface area (Å²) in [6, 6.07) is 0. The Hall–Kier alpha value is -0.430. The zero-order valence-electron chi connectivity index (χ0n) is 11.2. The maximum Gasteiger partial charge on any atom is 0.115 e. The lowest BCUT2D eigenvalue weighted by atomic mass is 9.49. The van der Waals surface area contributed by atoms with E-state index in [1.807, 2.05) is 6.92 Å². The van der Waals surface area contributed by atoms with Crippen molar-refractivity contribution in [2.24, 2.45) is 10.8 Å². The van der Waals surface area contributed by atoms with Crippen LogP contribution in [0.15, 0.2) is 12.2 Å². The molecule has 0 aromatic heterocycles. The molecule has 90 valence electrons. The number of rotatable bonds is 0. The fourth-order valence-corrected chi connectivity index (χ4v) is 3.98. The van der Waals surface area contributed by atoms with Crippen LogP contribution >= 0.6 is 0 Å². The summed E-state index contributed by atoms with van der Waals surface area (Å²) in [6.07, 6.45) is 5.59. The van der Waals surface area contributed by atoms with Crippen LogP contribution in [0.25, 0.3) is 0 Å². The molecule has 2 atom stereocenters. The van der Waals surface area contributed by atoms with Crippen LogP contribution in [0.3, 0.4) is 0 Å². The van der Waals surface area contributed by atoms with Crippen molar-refractivity contribution < 1.29 is 5.11 Å². The van der Waals surface area contributed by atoms with E-state index >= 15 is 0 Å². The maximum atomic E-state index is 10.4. The van der Waals surface area contributed by atoms with Crippen molar-refractivity contribution in [2.75, 3.05) is 0 Å². The second kappa shape index (κ2) is 3.29. The normalized spacial score (nSPS) is 43.1. The molecule has 0 spiro atoms. The quantitative estimate of drug-likeness (QED) is 0.486. The van der Waals surface area contributed by atoms with Crippen molar-refractivity contribution in [2.45, 2.75) is 65.4 Å². The molecule has 2 saturated carbocycles. The summed E-state index contributed by atoms with van der Waals surface area (Å²) in [6.45, 7) is 13.1. The molecule has 0 aromatic rings. The lowest BCUT2D eigenvalue weighted by molar-refractivity contribution is -0.00932. The first-order valence-corrected chi connectivity index (χ1v) is 6.45. The first kappa shape index (κ1) is 12.0. The molecular formula is C15H25O+. The van der Waals surface area contributed by atoms with E-state index in [0.717, 1.165) is 18.4 Å². The fraction of sp³-hybridized carbons (Fsp3) is 0.800. The molecule has 2 aliphatic rings. The fourth-order valence-electron chi connectivity index (χ4n) is 3.98. The number of hydrogen-bond donors (Lipinski definition) is 1. The van der Waals surface area contributed by atoms with Crippen LogP contribution in [0.4, 0.5) is 0 Å².